The molecule has 0 spiro atoms. The highest BCUT2D eigenvalue weighted by Gasteiger charge is 2.24. The molecule has 13 heteroatoms. The highest BCUT2D eigenvalue weighted by atomic mass is 16.4. The van der Waals surface area contributed by atoms with Crippen LogP contribution in [0.5, 0.6) is 0 Å². The third-order valence-electron chi connectivity index (χ3n) is 6.54. The molecule has 0 aliphatic heterocycles. The lowest BCUT2D eigenvalue weighted by molar-refractivity contribution is -0.147. The fraction of sp³-hybridized carbons (Fsp3) is 0.786. The van der Waals surface area contributed by atoms with Gasteiger partial charge in [0.15, 0.2) is 5.96 Å². The second-order valence-corrected chi connectivity index (χ2v) is 10.3. The van der Waals surface area contributed by atoms with E-state index in [0.29, 0.717) is 12.8 Å². The van der Waals surface area contributed by atoms with Crippen LogP contribution in [0.2, 0.25) is 0 Å². The number of carbonyl (C=O) groups is 5. The minimum atomic E-state index is -1.63. The number of hydrogen-bond acceptors (Lipinski definition) is 6. The molecule has 0 radical (unpaired) electrons. The maximum Gasteiger partial charge on any atom is 0.326 e. The van der Waals surface area contributed by atoms with E-state index in [-0.39, 0.29) is 31.3 Å². The summed E-state index contributed by atoms with van der Waals surface area (Å²) in [4.78, 5) is 63.0. The Kier molecular flexibility index (Phi) is 22.4. The Morgan fingerprint density at radius 3 is 1.71 bits per heavy atom. The number of carboxylic acid groups (broad SMARTS) is 2. The van der Waals surface area contributed by atoms with E-state index in [9.17, 15) is 24.0 Å². The molecule has 9 N–H and O–H groups in total. The van der Waals surface area contributed by atoms with Crippen LogP contribution in [-0.4, -0.2) is 71.0 Å². The lowest BCUT2D eigenvalue weighted by Gasteiger charge is -2.19. The van der Waals surface area contributed by atoms with Gasteiger partial charge in [0.2, 0.25) is 17.7 Å². The van der Waals surface area contributed by atoms with Gasteiger partial charge in [-0.3, -0.25) is 24.2 Å². The van der Waals surface area contributed by atoms with Crippen molar-refractivity contribution < 1.29 is 34.2 Å². The summed E-state index contributed by atoms with van der Waals surface area (Å²) < 4.78 is 0. The third kappa shape index (κ3) is 23.1. The maximum atomic E-state index is 12.7. The second-order valence-electron chi connectivity index (χ2n) is 10.3. The lowest BCUT2D eigenvalue weighted by Crippen LogP contribution is -2.51. The van der Waals surface area contributed by atoms with Gasteiger partial charge in [0.1, 0.15) is 12.1 Å². The molecule has 0 unspecified atom stereocenters. The van der Waals surface area contributed by atoms with E-state index in [2.05, 4.69) is 22.5 Å². The van der Waals surface area contributed by atoms with Crippen LogP contribution in [0, 0.1) is 0 Å². The number of amides is 3. The zero-order valence-electron chi connectivity index (χ0n) is 24.6. The van der Waals surface area contributed by atoms with Crippen molar-refractivity contribution in [1.82, 2.24) is 16.0 Å². The normalized spacial score (nSPS) is 12.1. The number of carbonyl (C=O) groups excluding carboxylic acids is 3. The van der Waals surface area contributed by atoms with Crippen LogP contribution in [0.3, 0.4) is 0 Å². The van der Waals surface area contributed by atoms with Crippen LogP contribution < -0.4 is 27.4 Å². The summed E-state index contributed by atoms with van der Waals surface area (Å²) in [5, 5.41) is 24.9. The minimum absolute atomic E-state index is 0.0940. The van der Waals surface area contributed by atoms with Crippen molar-refractivity contribution in [2.45, 2.75) is 128 Å². The number of carboxylic acids is 2. The number of nitrogens with one attached hydrogen (secondary N) is 3. The Hall–Kier alpha value is -3.38. The molecule has 0 fully saturated rings. The minimum Gasteiger partial charge on any atom is -0.481 e. The monoisotopic (exact) mass is 584 g/mol. The van der Waals surface area contributed by atoms with Crippen LogP contribution in [0.4, 0.5) is 0 Å². The zero-order chi connectivity index (χ0) is 30.9. The largest absolute Gasteiger partial charge is 0.481 e. The highest BCUT2D eigenvalue weighted by molar-refractivity contribution is 5.92. The van der Waals surface area contributed by atoms with E-state index < -0.39 is 48.8 Å². The van der Waals surface area contributed by atoms with Gasteiger partial charge >= 0.3 is 11.9 Å². The van der Waals surface area contributed by atoms with Gasteiger partial charge in [-0.1, -0.05) is 84.0 Å². The fourth-order valence-corrected chi connectivity index (χ4v) is 4.25. The Morgan fingerprint density at radius 1 is 0.707 bits per heavy atom. The Labute approximate surface area is 243 Å². The van der Waals surface area contributed by atoms with Gasteiger partial charge in [0.05, 0.1) is 13.0 Å². The van der Waals surface area contributed by atoms with E-state index in [0.717, 1.165) is 19.3 Å². The topological polar surface area (TPSA) is 226 Å². The second kappa shape index (κ2) is 24.4. The van der Waals surface area contributed by atoms with Crippen molar-refractivity contribution >= 4 is 35.6 Å². The van der Waals surface area contributed by atoms with Crippen molar-refractivity contribution in [3.05, 3.63) is 0 Å². The molecule has 0 saturated carbocycles. The van der Waals surface area contributed by atoms with Gasteiger partial charge in [0.25, 0.3) is 0 Å². The van der Waals surface area contributed by atoms with E-state index in [1.54, 1.807) is 0 Å². The van der Waals surface area contributed by atoms with Gasteiger partial charge in [0, 0.05) is 13.0 Å². The first-order chi connectivity index (χ1) is 19.6. The number of unbranched alkanes of at least 4 members (excludes halogenated alkanes) is 12. The summed E-state index contributed by atoms with van der Waals surface area (Å²) in [6.45, 7) is 1.89. The summed E-state index contributed by atoms with van der Waals surface area (Å²) in [5.74, 6) is -4.78. The summed E-state index contributed by atoms with van der Waals surface area (Å²) in [7, 11) is 0. The van der Waals surface area contributed by atoms with E-state index >= 15 is 0 Å². The Morgan fingerprint density at radius 2 is 1.22 bits per heavy atom. The van der Waals surface area contributed by atoms with Crippen LogP contribution in [0.15, 0.2) is 4.99 Å². The summed E-state index contributed by atoms with van der Waals surface area (Å²) in [5.41, 5.74) is 10.6. The molecule has 2 atom stereocenters. The van der Waals surface area contributed by atoms with Crippen LogP contribution in [0.1, 0.15) is 116 Å². The van der Waals surface area contributed by atoms with Gasteiger partial charge < -0.3 is 37.6 Å². The average Bonchev–Trinajstić information content (AvgIpc) is 2.90. The van der Waals surface area contributed by atoms with Gasteiger partial charge in [-0.15, -0.1) is 0 Å². The van der Waals surface area contributed by atoms with Gasteiger partial charge in [-0.2, -0.15) is 0 Å². The zero-order valence-corrected chi connectivity index (χ0v) is 24.6. The molecule has 0 bridgehead atoms. The maximum absolute atomic E-state index is 12.7. The predicted octanol–water partition coefficient (Wildman–Crippen LogP) is 2.17. The molecule has 41 heavy (non-hydrogen) atoms. The van der Waals surface area contributed by atoms with Gasteiger partial charge in [-0.25, -0.2) is 4.79 Å². The molecule has 13 nitrogen and oxygen atoms in total. The number of hydrogen-bond donors (Lipinski definition) is 7. The summed E-state index contributed by atoms with van der Waals surface area (Å²) in [6, 6.07) is -2.58. The summed E-state index contributed by atoms with van der Waals surface area (Å²) >= 11 is 0. The number of nitrogens with two attached hydrogens (primary N) is 2. The average molecular weight is 585 g/mol. The predicted molar refractivity (Wildman–Crippen MR) is 157 cm³/mol. The molecule has 0 aromatic heterocycles. The standard InChI is InChI=1S/C28H52N6O7/c1-2-3-4-5-6-7-8-9-10-11-12-13-14-17-23(35)33-21(16-15-18-31-28(29)30)26(39)32-20-24(36)34-22(27(40)41)19-25(37)38/h21-22H,2-20H2,1H3,(H,32,39)(H,33,35)(H,34,36)(H,37,38)(H,40,41)(H4,29,30,31)/t21-,22-/m0/s1. The number of aliphatic imine (C=N–C) groups is 1. The van der Waals surface area contributed by atoms with Crippen LogP contribution in [0.25, 0.3) is 0 Å². The molecule has 0 aliphatic rings. The first-order valence-electron chi connectivity index (χ1n) is 14.9. The van der Waals surface area contributed by atoms with Crippen molar-refractivity contribution in [3.8, 4) is 0 Å². The van der Waals surface area contributed by atoms with Crippen molar-refractivity contribution in [3.63, 3.8) is 0 Å². The molecule has 3 amide bonds. The molecule has 236 valence electrons. The van der Waals surface area contributed by atoms with Crippen molar-refractivity contribution in [2.75, 3.05) is 13.1 Å². The molecular formula is C28H52N6O7. The molecule has 0 aliphatic carbocycles. The number of aliphatic carboxylic acids is 2. The smallest absolute Gasteiger partial charge is 0.326 e. The Balaban J connectivity index is 4.45. The number of rotatable bonds is 26. The van der Waals surface area contributed by atoms with E-state index in [4.69, 9.17) is 21.7 Å². The summed E-state index contributed by atoms with van der Waals surface area (Å²) in [6.07, 6.45) is 15.5. The first kappa shape index (κ1) is 37.6. The van der Waals surface area contributed by atoms with E-state index in [1.165, 1.54) is 57.8 Å². The molecule has 0 heterocycles. The Bertz CT molecular complexity index is 818. The SMILES string of the molecule is CCCCCCCCCCCCCCCC(=O)N[C@@H](CCCN=C(N)N)C(=O)NCC(=O)N[C@@H](CC(=O)O)C(=O)O. The van der Waals surface area contributed by atoms with E-state index in [1.807, 2.05) is 5.32 Å². The molecule has 0 aromatic rings. The van der Waals surface area contributed by atoms with Crippen LogP contribution in [-0.2, 0) is 24.0 Å². The molecule has 0 saturated heterocycles. The molecule has 0 rings (SSSR count). The van der Waals surface area contributed by atoms with Crippen molar-refractivity contribution in [2.24, 2.45) is 16.5 Å². The first-order valence-corrected chi connectivity index (χ1v) is 14.9. The van der Waals surface area contributed by atoms with Crippen LogP contribution >= 0.6 is 0 Å². The molecular weight excluding hydrogens is 532 g/mol. The quantitative estimate of drug-likeness (QED) is 0.0448. The molecule has 0 aromatic carbocycles. The number of guanidine groups is 1. The number of nitrogens with zero attached hydrogens (tertiary/aromatic N) is 1. The highest BCUT2D eigenvalue weighted by Crippen LogP contribution is 2.13. The lowest BCUT2D eigenvalue weighted by atomic mass is 10.0. The van der Waals surface area contributed by atoms with Gasteiger partial charge in [-0.05, 0) is 19.3 Å². The third-order valence-corrected chi connectivity index (χ3v) is 6.54. The fourth-order valence-electron chi connectivity index (χ4n) is 4.25. The van der Waals surface area contributed by atoms with Crippen molar-refractivity contribution in [1.29, 1.82) is 0 Å².